The fourth-order valence-corrected chi connectivity index (χ4v) is 2.42. The molecular weight excluding hydrogens is 344 g/mol. The Morgan fingerprint density at radius 1 is 1.04 bits per heavy atom. The predicted molar refractivity (Wildman–Crippen MR) is 103 cm³/mol. The SMILES string of the molecule is CC(C)N(C)c1cnc2ccc(C(=O)Oc3ccc(C(N)=O)cc3)cc2n1. The highest BCUT2D eigenvalue weighted by atomic mass is 16.5. The van der Waals surface area contributed by atoms with Crippen LogP contribution in [0.2, 0.25) is 0 Å². The summed E-state index contributed by atoms with van der Waals surface area (Å²) in [4.78, 5) is 34.5. The molecule has 27 heavy (non-hydrogen) atoms. The van der Waals surface area contributed by atoms with Gasteiger partial charge >= 0.3 is 5.97 Å². The molecular formula is C20H20N4O3. The molecule has 0 bridgehead atoms. The second-order valence-corrected chi connectivity index (χ2v) is 6.41. The first kappa shape index (κ1) is 18.3. The van der Waals surface area contributed by atoms with Crippen LogP contribution in [-0.4, -0.2) is 34.9 Å². The van der Waals surface area contributed by atoms with Crippen LogP contribution in [-0.2, 0) is 0 Å². The van der Waals surface area contributed by atoms with Crippen molar-refractivity contribution in [1.82, 2.24) is 9.97 Å². The maximum atomic E-state index is 12.4. The first-order valence-electron chi connectivity index (χ1n) is 8.47. The number of amides is 1. The zero-order valence-electron chi connectivity index (χ0n) is 15.3. The zero-order chi connectivity index (χ0) is 19.6. The number of aromatic nitrogens is 2. The summed E-state index contributed by atoms with van der Waals surface area (Å²) in [5, 5.41) is 0. The van der Waals surface area contributed by atoms with Gasteiger partial charge in [0.25, 0.3) is 0 Å². The fourth-order valence-electron chi connectivity index (χ4n) is 2.42. The van der Waals surface area contributed by atoms with E-state index in [1.54, 1.807) is 24.4 Å². The number of primary amides is 1. The van der Waals surface area contributed by atoms with E-state index in [1.807, 2.05) is 11.9 Å². The third kappa shape index (κ3) is 4.03. The lowest BCUT2D eigenvalue weighted by Gasteiger charge is -2.22. The van der Waals surface area contributed by atoms with Gasteiger partial charge in [-0.15, -0.1) is 0 Å². The van der Waals surface area contributed by atoms with Gasteiger partial charge in [-0.25, -0.2) is 9.78 Å². The minimum absolute atomic E-state index is 0.272. The number of hydrogen-bond donors (Lipinski definition) is 1. The number of fused-ring (bicyclic) bond motifs is 1. The number of rotatable bonds is 5. The minimum atomic E-state index is -0.539. The van der Waals surface area contributed by atoms with Gasteiger partial charge in [0.15, 0.2) is 0 Å². The second-order valence-electron chi connectivity index (χ2n) is 6.41. The van der Waals surface area contributed by atoms with Gasteiger partial charge in [0.1, 0.15) is 11.6 Å². The van der Waals surface area contributed by atoms with E-state index in [-0.39, 0.29) is 6.04 Å². The van der Waals surface area contributed by atoms with E-state index < -0.39 is 11.9 Å². The smallest absolute Gasteiger partial charge is 0.343 e. The quantitative estimate of drug-likeness (QED) is 0.552. The van der Waals surface area contributed by atoms with E-state index >= 15 is 0 Å². The van der Waals surface area contributed by atoms with Crippen molar-refractivity contribution in [2.45, 2.75) is 19.9 Å². The number of benzene rings is 2. The molecule has 0 saturated carbocycles. The van der Waals surface area contributed by atoms with E-state index in [4.69, 9.17) is 10.5 Å². The highest BCUT2D eigenvalue weighted by Gasteiger charge is 2.13. The van der Waals surface area contributed by atoms with Gasteiger partial charge in [-0.3, -0.25) is 9.78 Å². The number of esters is 1. The molecule has 0 spiro atoms. The Morgan fingerprint density at radius 2 is 1.70 bits per heavy atom. The van der Waals surface area contributed by atoms with Crippen LogP contribution >= 0.6 is 0 Å². The van der Waals surface area contributed by atoms with Crippen molar-refractivity contribution >= 4 is 28.7 Å². The van der Waals surface area contributed by atoms with Crippen molar-refractivity contribution in [3.63, 3.8) is 0 Å². The molecule has 3 aromatic rings. The summed E-state index contributed by atoms with van der Waals surface area (Å²) in [6, 6.07) is 11.4. The summed E-state index contributed by atoms with van der Waals surface area (Å²) in [7, 11) is 1.94. The standard InChI is InChI=1S/C20H20N4O3/c1-12(2)24(3)18-11-22-16-9-6-14(10-17(16)23-18)20(26)27-15-7-4-13(5-8-15)19(21)25/h4-12H,1-3H3,(H2,21,25). The highest BCUT2D eigenvalue weighted by molar-refractivity contribution is 5.95. The minimum Gasteiger partial charge on any atom is -0.423 e. The lowest BCUT2D eigenvalue weighted by atomic mass is 10.2. The van der Waals surface area contributed by atoms with Crippen LogP contribution in [0.5, 0.6) is 5.75 Å². The molecule has 0 unspecified atom stereocenters. The molecule has 7 nitrogen and oxygen atoms in total. The van der Waals surface area contributed by atoms with Crippen molar-refractivity contribution in [2.75, 3.05) is 11.9 Å². The van der Waals surface area contributed by atoms with Crippen LogP contribution in [0.25, 0.3) is 11.0 Å². The van der Waals surface area contributed by atoms with Gasteiger partial charge in [-0.1, -0.05) is 0 Å². The first-order valence-corrected chi connectivity index (χ1v) is 8.47. The van der Waals surface area contributed by atoms with Crippen molar-refractivity contribution in [3.05, 3.63) is 59.8 Å². The first-order chi connectivity index (χ1) is 12.8. The molecule has 0 aliphatic heterocycles. The summed E-state index contributed by atoms with van der Waals surface area (Å²) in [6.45, 7) is 4.12. The molecule has 0 aliphatic rings. The summed E-state index contributed by atoms with van der Waals surface area (Å²) in [5.41, 5.74) is 7.21. The Morgan fingerprint density at radius 3 is 2.33 bits per heavy atom. The number of ether oxygens (including phenoxy) is 1. The monoisotopic (exact) mass is 364 g/mol. The third-order valence-corrected chi connectivity index (χ3v) is 4.25. The van der Waals surface area contributed by atoms with Crippen LogP contribution in [0.4, 0.5) is 5.82 Å². The van der Waals surface area contributed by atoms with Crippen LogP contribution in [0.15, 0.2) is 48.7 Å². The summed E-state index contributed by atoms with van der Waals surface area (Å²) in [5.74, 6) is -0.00850. The van der Waals surface area contributed by atoms with Crippen molar-refractivity contribution in [2.24, 2.45) is 5.73 Å². The summed E-state index contributed by atoms with van der Waals surface area (Å²) in [6.07, 6.45) is 1.71. The van der Waals surface area contributed by atoms with Gasteiger partial charge in [-0.2, -0.15) is 0 Å². The molecule has 1 amide bonds. The Balaban J connectivity index is 1.84. The molecule has 138 valence electrons. The average Bonchev–Trinajstić information content (AvgIpc) is 2.66. The second kappa shape index (κ2) is 7.41. The van der Waals surface area contributed by atoms with Crippen LogP contribution in [0.3, 0.4) is 0 Å². The maximum absolute atomic E-state index is 12.4. The number of hydrogen-bond acceptors (Lipinski definition) is 6. The molecule has 1 aromatic heterocycles. The molecule has 0 atom stereocenters. The number of carbonyl (C=O) groups is 2. The van der Waals surface area contributed by atoms with Gasteiger partial charge in [0.2, 0.25) is 5.91 Å². The maximum Gasteiger partial charge on any atom is 0.343 e. The topological polar surface area (TPSA) is 98.4 Å². The lowest BCUT2D eigenvalue weighted by Crippen LogP contribution is -2.26. The molecule has 0 saturated heterocycles. The normalized spacial score (nSPS) is 10.8. The largest absolute Gasteiger partial charge is 0.423 e. The third-order valence-electron chi connectivity index (χ3n) is 4.25. The van der Waals surface area contributed by atoms with Crippen molar-refractivity contribution in [3.8, 4) is 5.75 Å². The van der Waals surface area contributed by atoms with Gasteiger partial charge < -0.3 is 15.4 Å². The van der Waals surface area contributed by atoms with Gasteiger partial charge in [-0.05, 0) is 56.3 Å². The molecule has 0 aliphatic carbocycles. The number of nitrogens with zero attached hydrogens (tertiary/aromatic N) is 3. The van der Waals surface area contributed by atoms with Gasteiger partial charge in [0.05, 0.1) is 22.8 Å². The Hall–Kier alpha value is -3.48. The van der Waals surface area contributed by atoms with E-state index in [9.17, 15) is 9.59 Å². The van der Waals surface area contributed by atoms with Crippen LogP contribution in [0.1, 0.15) is 34.6 Å². The van der Waals surface area contributed by atoms with Crippen molar-refractivity contribution < 1.29 is 14.3 Å². The van der Waals surface area contributed by atoms with E-state index in [1.165, 1.54) is 24.3 Å². The number of anilines is 1. The van der Waals surface area contributed by atoms with Crippen LogP contribution < -0.4 is 15.4 Å². The molecule has 3 rings (SSSR count). The fraction of sp³-hybridized carbons (Fsp3) is 0.200. The highest BCUT2D eigenvalue weighted by Crippen LogP contribution is 2.19. The number of nitrogens with two attached hydrogens (primary N) is 1. The number of carbonyl (C=O) groups excluding carboxylic acids is 2. The lowest BCUT2D eigenvalue weighted by molar-refractivity contribution is 0.0735. The van der Waals surface area contributed by atoms with E-state index in [2.05, 4.69) is 23.8 Å². The molecule has 1 heterocycles. The molecule has 2 N–H and O–H groups in total. The van der Waals surface area contributed by atoms with Crippen LogP contribution in [0, 0.1) is 0 Å². The summed E-state index contributed by atoms with van der Waals surface area (Å²) >= 11 is 0. The average molecular weight is 364 g/mol. The molecule has 0 fully saturated rings. The molecule has 7 heteroatoms. The van der Waals surface area contributed by atoms with E-state index in [0.717, 1.165) is 5.82 Å². The molecule has 2 aromatic carbocycles. The molecule has 0 radical (unpaired) electrons. The Bertz CT molecular complexity index is 1000. The van der Waals surface area contributed by atoms with Crippen molar-refractivity contribution in [1.29, 1.82) is 0 Å². The Labute approximate surface area is 156 Å². The van der Waals surface area contributed by atoms with Gasteiger partial charge in [0, 0.05) is 18.7 Å². The Kier molecular flexibility index (Phi) is 5.03. The van der Waals surface area contributed by atoms with E-state index in [0.29, 0.717) is 27.9 Å². The zero-order valence-corrected chi connectivity index (χ0v) is 15.3. The predicted octanol–water partition coefficient (Wildman–Crippen LogP) is 2.79. The summed E-state index contributed by atoms with van der Waals surface area (Å²) < 4.78 is 5.35.